The van der Waals surface area contributed by atoms with Gasteiger partial charge in [-0.3, -0.25) is 0 Å². The molecule has 2 rings (SSSR count). The summed E-state index contributed by atoms with van der Waals surface area (Å²) in [5, 5.41) is 0. The molecule has 0 saturated heterocycles. The van der Waals surface area contributed by atoms with Gasteiger partial charge in [-0.2, -0.15) is 0 Å². The average Bonchev–Trinajstić information content (AvgIpc) is 3.05. The van der Waals surface area contributed by atoms with Crippen molar-refractivity contribution in [3.05, 3.63) is 53.6 Å². The summed E-state index contributed by atoms with van der Waals surface area (Å²) in [7, 11) is 0. The van der Waals surface area contributed by atoms with Gasteiger partial charge in [0.05, 0.1) is 6.33 Å². The third-order valence-electron chi connectivity index (χ3n) is 2.75. The maximum absolute atomic E-state index is 4.06. The third-order valence-corrected chi connectivity index (χ3v) is 2.75. The molecule has 0 unspecified atom stereocenters. The SMILES string of the molecule is CC.CC.CC.Cc1cc(Cn2ccnc2)cc(C(C)C)c1. The summed E-state index contributed by atoms with van der Waals surface area (Å²) in [6.45, 7) is 19.5. The van der Waals surface area contributed by atoms with E-state index < -0.39 is 0 Å². The lowest BCUT2D eigenvalue weighted by Gasteiger charge is -2.10. The van der Waals surface area contributed by atoms with E-state index in [0.717, 1.165) is 6.54 Å². The topological polar surface area (TPSA) is 17.8 Å². The van der Waals surface area contributed by atoms with E-state index in [1.807, 2.05) is 60.3 Å². The van der Waals surface area contributed by atoms with Gasteiger partial charge in [0.2, 0.25) is 0 Å². The van der Waals surface area contributed by atoms with Gasteiger partial charge in [-0.25, -0.2) is 4.98 Å². The maximum Gasteiger partial charge on any atom is 0.0949 e. The molecule has 0 bridgehead atoms. The molecule has 0 radical (unpaired) electrons. The quantitative estimate of drug-likeness (QED) is 0.637. The number of hydrogen-bond acceptors (Lipinski definition) is 1. The van der Waals surface area contributed by atoms with Gasteiger partial charge in [0.1, 0.15) is 0 Å². The van der Waals surface area contributed by atoms with Crippen LogP contribution in [0.25, 0.3) is 0 Å². The summed E-state index contributed by atoms with van der Waals surface area (Å²) >= 11 is 0. The minimum atomic E-state index is 0.585. The summed E-state index contributed by atoms with van der Waals surface area (Å²) < 4.78 is 2.10. The molecule has 0 spiro atoms. The number of aryl methyl sites for hydroxylation is 1. The zero-order chi connectivity index (χ0) is 17.5. The first kappa shape index (κ1) is 22.7. The molecule has 0 aliphatic rings. The Morgan fingerprint density at radius 3 is 2.00 bits per heavy atom. The number of rotatable bonds is 3. The molecule has 0 amide bonds. The van der Waals surface area contributed by atoms with Crippen molar-refractivity contribution in [3.63, 3.8) is 0 Å². The first-order valence-electron chi connectivity index (χ1n) is 8.71. The highest BCUT2D eigenvalue weighted by Gasteiger charge is 2.03. The van der Waals surface area contributed by atoms with Crippen LogP contribution in [-0.4, -0.2) is 9.55 Å². The number of benzene rings is 1. The highest BCUT2D eigenvalue weighted by Crippen LogP contribution is 2.18. The number of nitrogens with zero attached hydrogens (tertiary/aromatic N) is 2. The van der Waals surface area contributed by atoms with Crippen LogP contribution < -0.4 is 0 Å². The Bertz CT molecular complexity index is 457. The van der Waals surface area contributed by atoms with Crippen LogP contribution in [0.15, 0.2) is 36.9 Å². The zero-order valence-corrected chi connectivity index (χ0v) is 16.1. The molecule has 0 aliphatic heterocycles. The molecule has 0 atom stereocenters. The minimum Gasteiger partial charge on any atom is -0.333 e. The number of hydrogen-bond donors (Lipinski definition) is 0. The average molecular weight is 305 g/mol. The van der Waals surface area contributed by atoms with Crippen LogP contribution in [0.3, 0.4) is 0 Å². The molecule has 22 heavy (non-hydrogen) atoms. The Morgan fingerprint density at radius 2 is 1.55 bits per heavy atom. The second-order valence-corrected chi connectivity index (χ2v) is 4.64. The molecular weight excluding hydrogens is 268 g/mol. The van der Waals surface area contributed by atoms with Gasteiger partial charge in [-0.15, -0.1) is 0 Å². The molecule has 1 aromatic carbocycles. The van der Waals surface area contributed by atoms with E-state index in [2.05, 4.69) is 48.5 Å². The van der Waals surface area contributed by atoms with Crippen LogP contribution in [0.4, 0.5) is 0 Å². The van der Waals surface area contributed by atoms with Crippen molar-refractivity contribution in [2.75, 3.05) is 0 Å². The number of imidazole rings is 1. The summed E-state index contributed by atoms with van der Waals surface area (Å²) in [5.74, 6) is 0.585. The van der Waals surface area contributed by atoms with Gasteiger partial charge in [-0.05, 0) is 24.0 Å². The van der Waals surface area contributed by atoms with E-state index in [4.69, 9.17) is 0 Å². The lowest BCUT2D eigenvalue weighted by molar-refractivity contribution is 0.788. The second-order valence-electron chi connectivity index (χ2n) is 4.64. The molecule has 1 aromatic heterocycles. The van der Waals surface area contributed by atoms with Crippen LogP contribution >= 0.6 is 0 Å². The molecule has 2 nitrogen and oxygen atoms in total. The van der Waals surface area contributed by atoms with E-state index >= 15 is 0 Å². The van der Waals surface area contributed by atoms with Crippen molar-refractivity contribution in [1.29, 1.82) is 0 Å². The third kappa shape index (κ3) is 8.66. The lowest BCUT2D eigenvalue weighted by Crippen LogP contribution is -1.99. The normalized spacial score (nSPS) is 8.82. The van der Waals surface area contributed by atoms with Gasteiger partial charge in [0.25, 0.3) is 0 Å². The minimum absolute atomic E-state index is 0.585. The first-order valence-corrected chi connectivity index (χ1v) is 8.71. The predicted octanol–water partition coefficient (Wildman–Crippen LogP) is 6.44. The van der Waals surface area contributed by atoms with E-state index in [0.29, 0.717) is 5.92 Å². The highest BCUT2D eigenvalue weighted by atomic mass is 15.0. The molecule has 1 heterocycles. The van der Waals surface area contributed by atoms with Crippen LogP contribution in [-0.2, 0) is 6.54 Å². The van der Waals surface area contributed by atoms with E-state index in [-0.39, 0.29) is 0 Å². The number of aromatic nitrogens is 2. The largest absolute Gasteiger partial charge is 0.333 e. The van der Waals surface area contributed by atoms with Gasteiger partial charge in [-0.1, -0.05) is 79.2 Å². The lowest BCUT2D eigenvalue weighted by atomic mass is 9.98. The van der Waals surface area contributed by atoms with Crippen LogP contribution in [0.1, 0.15) is 78.0 Å². The molecule has 0 saturated carbocycles. The van der Waals surface area contributed by atoms with Crippen molar-refractivity contribution in [2.24, 2.45) is 0 Å². The molecule has 2 aromatic rings. The molecule has 0 aliphatic carbocycles. The van der Waals surface area contributed by atoms with Crippen molar-refractivity contribution in [2.45, 2.75) is 74.8 Å². The first-order chi connectivity index (χ1) is 10.6. The Balaban J connectivity index is 0. The van der Waals surface area contributed by atoms with Gasteiger partial charge < -0.3 is 4.57 Å². The highest BCUT2D eigenvalue weighted by molar-refractivity contribution is 5.31. The standard InChI is InChI=1S/C14H18N2.3C2H6/c1-11(2)14-7-12(3)6-13(8-14)9-16-5-4-15-10-16;3*1-2/h4-8,10-11H,9H2,1-3H3;3*1-2H3. The summed E-state index contributed by atoms with van der Waals surface area (Å²) in [5.41, 5.74) is 4.10. The molecule has 0 fully saturated rings. The molecule has 126 valence electrons. The Labute approximate surface area is 138 Å². The fourth-order valence-electron chi connectivity index (χ4n) is 1.91. The van der Waals surface area contributed by atoms with E-state index in [1.165, 1.54) is 16.7 Å². The molecule has 0 N–H and O–H groups in total. The van der Waals surface area contributed by atoms with Crippen molar-refractivity contribution < 1.29 is 0 Å². The monoisotopic (exact) mass is 304 g/mol. The smallest absolute Gasteiger partial charge is 0.0949 e. The van der Waals surface area contributed by atoms with Crippen LogP contribution in [0, 0.1) is 6.92 Å². The van der Waals surface area contributed by atoms with Crippen LogP contribution in [0.2, 0.25) is 0 Å². The summed E-state index contributed by atoms with van der Waals surface area (Å²) in [4.78, 5) is 4.06. The zero-order valence-electron chi connectivity index (χ0n) is 16.1. The predicted molar refractivity (Wildman–Crippen MR) is 101 cm³/mol. The summed E-state index contributed by atoms with van der Waals surface area (Å²) in [6.07, 6.45) is 5.67. The second kappa shape index (κ2) is 14.4. The van der Waals surface area contributed by atoms with Gasteiger partial charge in [0.15, 0.2) is 0 Å². The fraction of sp³-hybridized carbons (Fsp3) is 0.550. The Morgan fingerprint density at radius 1 is 0.955 bits per heavy atom. The van der Waals surface area contributed by atoms with Crippen molar-refractivity contribution in [1.82, 2.24) is 9.55 Å². The molecular formula is C20H36N2. The summed E-state index contributed by atoms with van der Waals surface area (Å²) in [6, 6.07) is 6.80. The molecule has 2 heteroatoms. The Kier molecular flexibility index (Phi) is 14.8. The van der Waals surface area contributed by atoms with Gasteiger partial charge >= 0.3 is 0 Å². The van der Waals surface area contributed by atoms with Crippen molar-refractivity contribution in [3.8, 4) is 0 Å². The van der Waals surface area contributed by atoms with E-state index in [1.54, 1.807) is 0 Å². The van der Waals surface area contributed by atoms with E-state index in [9.17, 15) is 0 Å². The van der Waals surface area contributed by atoms with Crippen LogP contribution in [0.5, 0.6) is 0 Å². The Hall–Kier alpha value is -1.57. The van der Waals surface area contributed by atoms with Crippen molar-refractivity contribution >= 4 is 0 Å². The maximum atomic E-state index is 4.06. The van der Waals surface area contributed by atoms with Gasteiger partial charge in [0, 0.05) is 18.9 Å². The fourth-order valence-corrected chi connectivity index (χ4v) is 1.91.